The third-order valence-electron chi connectivity index (χ3n) is 4.73. The van der Waals surface area contributed by atoms with Gasteiger partial charge in [0.2, 0.25) is 0 Å². The monoisotopic (exact) mass is 420 g/mol. The molecule has 3 amide bonds. The fourth-order valence-corrected chi connectivity index (χ4v) is 3.19. The van der Waals surface area contributed by atoms with Crippen LogP contribution in [0.4, 0.5) is 9.18 Å². The van der Waals surface area contributed by atoms with Crippen LogP contribution < -0.4 is 5.32 Å². The number of nitrogens with one attached hydrogen (secondary N) is 1. The van der Waals surface area contributed by atoms with Crippen LogP contribution in [0.2, 0.25) is 0 Å². The Morgan fingerprint density at radius 1 is 1.10 bits per heavy atom. The Morgan fingerprint density at radius 2 is 1.84 bits per heavy atom. The molecule has 4 rings (SSSR count). The van der Waals surface area contributed by atoms with E-state index >= 15 is 0 Å². The summed E-state index contributed by atoms with van der Waals surface area (Å²) in [6, 6.07) is 15.1. The largest absolute Gasteiger partial charge is 0.465 e. The van der Waals surface area contributed by atoms with Gasteiger partial charge < -0.3 is 14.5 Å². The number of carbonyl (C=O) groups is 3. The van der Waals surface area contributed by atoms with Crippen molar-refractivity contribution < 1.29 is 27.9 Å². The number of ether oxygens (including phenoxy) is 1. The molecule has 156 valence electrons. The second-order valence-electron chi connectivity index (χ2n) is 6.75. The highest BCUT2D eigenvalue weighted by atomic mass is 19.1. The van der Waals surface area contributed by atoms with Gasteiger partial charge in [0, 0.05) is 11.6 Å². The van der Waals surface area contributed by atoms with E-state index in [0.717, 1.165) is 4.90 Å². The Morgan fingerprint density at radius 3 is 2.58 bits per heavy atom. The molecule has 0 bridgehead atoms. The van der Waals surface area contributed by atoms with E-state index in [-0.39, 0.29) is 12.2 Å². The Labute approximate surface area is 176 Å². The topological polar surface area (TPSA) is 88.9 Å². The molecule has 1 saturated heterocycles. The van der Waals surface area contributed by atoms with Crippen molar-refractivity contribution in [2.75, 3.05) is 7.11 Å². The molecule has 0 atom stereocenters. The summed E-state index contributed by atoms with van der Waals surface area (Å²) in [6.45, 7) is 0.0121. The maximum Gasteiger partial charge on any atom is 0.338 e. The number of urea groups is 1. The molecule has 0 spiro atoms. The van der Waals surface area contributed by atoms with E-state index in [0.29, 0.717) is 28.2 Å². The predicted molar refractivity (Wildman–Crippen MR) is 109 cm³/mol. The van der Waals surface area contributed by atoms with E-state index in [1.165, 1.54) is 37.5 Å². The van der Waals surface area contributed by atoms with Crippen LogP contribution in [-0.2, 0) is 16.1 Å². The molecule has 2 heterocycles. The van der Waals surface area contributed by atoms with Crippen LogP contribution in [0.1, 0.15) is 21.7 Å². The Kier molecular flexibility index (Phi) is 5.36. The molecule has 1 aliphatic rings. The minimum Gasteiger partial charge on any atom is -0.465 e. The van der Waals surface area contributed by atoms with Gasteiger partial charge in [-0.05, 0) is 35.9 Å². The molecule has 1 aliphatic heterocycles. The van der Waals surface area contributed by atoms with Crippen LogP contribution in [0.3, 0.4) is 0 Å². The van der Waals surface area contributed by atoms with Crippen LogP contribution >= 0.6 is 0 Å². The molecule has 2 aromatic carbocycles. The van der Waals surface area contributed by atoms with Gasteiger partial charge >= 0.3 is 12.0 Å². The predicted octanol–water partition coefficient (Wildman–Crippen LogP) is 3.97. The summed E-state index contributed by atoms with van der Waals surface area (Å²) in [5.74, 6) is -0.692. The van der Waals surface area contributed by atoms with Crippen molar-refractivity contribution in [1.82, 2.24) is 10.2 Å². The molecule has 1 aromatic heterocycles. The molecule has 31 heavy (non-hydrogen) atoms. The summed E-state index contributed by atoms with van der Waals surface area (Å²) in [5.41, 5.74) is 1.55. The number of carbonyl (C=O) groups excluding carboxylic acids is 3. The lowest BCUT2D eigenvalue weighted by molar-refractivity contribution is -0.123. The van der Waals surface area contributed by atoms with Gasteiger partial charge in [0.05, 0.1) is 19.2 Å². The molecule has 0 unspecified atom stereocenters. The van der Waals surface area contributed by atoms with E-state index in [1.54, 1.807) is 36.4 Å². The van der Waals surface area contributed by atoms with Gasteiger partial charge in [-0.2, -0.15) is 0 Å². The molecular weight excluding hydrogens is 403 g/mol. The minimum absolute atomic E-state index is 0.0121. The average Bonchev–Trinajstić information content (AvgIpc) is 3.35. The van der Waals surface area contributed by atoms with Crippen molar-refractivity contribution in [1.29, 1.82) is 0 Å². The maximum absolute atomic E-state index is 13.1. The molecule has 3 aromatic rings. The van der Waals surface area contributed by atoms with Gasteiger partial charge in [0.25, 0.3) is 5.91 Å². The lowest BCUT2D eigenvalue weighted by Gasteiger charge is -2.11. The van der Waals surface area contributed by atoms with Crippen molar-refractivity contribution in [3.8, 4) is 11.3 Å². The lowest BCUT2D eigenvalue weighted by Crippen LogP contribution is -2.30. The highest BCUT2D eigenvalue weighted by Crippen LogP contribution is 2.28. The summed E-state index contributed by atoms with van der Waals surface area (Å²) in [5, 5.41) is 2.51. The van der Waals surface area contributed by atoms with E-state index < -0.39 is 23.7 Å². The molecule has 1 fully saturated rings. The van der Waals surface area contributed by atoms with E-state index in [9.17, 15) is 18.8 Å². The number of amides is 3. The number of imide groups is 1. The number of benzene rings is 2. The molecule has 0 saturated carbocycles. The first kappa shape index (κ1) is 20.1. The van der Waals surface area contributed by atoms with Gasteiger partial charge in [0.1, 0.15) is 23.0 Å². The van der Waals surface area contributed by atoms with Crippen molar-refractivity contribution in [3.05, 3.63) is 89.1 Å². The number of hydrogen-bond donors (Lipinski definition) is 1. The maximum atomic E-state index is 13.1. The standard InChI is InChI=1S/C23H17FN2O5/c1-30-22(28)18-5-3-2-4-17(18)20-11-10-16(31-20)12-19-21(27)26(23(29)25-19)13-14-6-8-15(24)9-7-14/h2-12H,13H2,1H3,(H,25,29)/b19-12-. The van der Waals surface area contributed by atoms with Crippen molar-refractivity contribution in [3.63, 3.8) is 0 Å². The quantitative estimate of drug-likeness (QED) is 0.383. The van der Waals surface area contributed by atoms with Crippen LogP contribution in [0, 0.1) is 5.82 Å². The Bertz CT molecular complexity index is 1200. The summed E-state index contributed by atoms with van der Waals surface area (Å²) < 4.78 is 23.6. The summed E-state index contributed by atoms with van der Waals surface area (Å²) in [6.07, 6.45) is 1.41. The second-order valence-corrected chi connectivity index (χ2v) is 6.75. The third-order valence-corrected chi connectivity index (χ3v) is 4.73. The smallest absolute Gasteiger partial charge is 0.338 e. The number of hydrogen-bond acceptors (Lipinski definition) is 5. The number of halogens is 1. The number of esters is 1. The Balaban J connectivity index is 1.56. The van der Waals surface area contributed by atoms with E-state index in [1.807, 2.05) is 0 Å². The molecular formula is C23H17FN2O5. The number of rotatable bonds is 5. The fraction of sp³-hybridized carbons (Fsp3) is 0.0870. The highest BCUT2D eigenvalue weighted by molar-refractivity contribution is 6.13. The number of nitrogens with zero attached hydrogens (tertiary/aromatic N) is 1. The lowest BCUT2D eigenvalue weighted by atomic mass is 10.1. The first-order valence-electron chi connectivity index (χ1n) is 9.33. The zero-order chi connectivity index (χ0) is 22.0. The molecule has 1 N–H and O–H groups in total. The van der Waals surface area contributed by atoms with Gasteiger partial charge in [-0.15, -0.1) is 0 Å². The van der Waals surface area contributed by atoms with Crippen LogP contribution in [0.25, 0.3) is 17.4 Å². The molecule has 8 heteroatoms. The normalized spacial score (nSPS) is 14.8. The van der Waals surface area contributed by atoms with Crippen molar-refractivity contribution in [2.24, 2.45) is 0 Å². The van der Waals surface area contributed by atoms with Gasteiger partial charge in [0.15, 0.2) is 0 Å². The Hall–Kier alpha value is -4.20. The van der Waals surface area contributed by atoms with Gasteiger partial charge in [-0.3, -0.25) is 9.69 Å². The fourth-order valence-electron chi connectivity index (χ4n) is 3.19. The van der Waals surface area contributed by atoms with E-state index in [2.05, 4.69) is 5.32 Å². The summed E-state index contributed by atoms with van der Waals surface area (Å²) >= 11 is 0. The van der Waals surface area contributed by atoms with Crippen LogP contribution in [0.5, 0.6) is 0 Å². The number of furan rings is 1. The number of methoxy groups -OCH3 is 1. The SMILES string of the molecule is COC(=O)c1ccccc1-c1ccc(/C=C2\NC(=O)N(Cc3ccc(F)cc3)C2=O)o1. The highest BCUT2D eigenvalue weighted by Gasteiger charge is 2.33. The first-order chi connectivity index (χ1) is 15.0. The molecule has 0 aliphatic carbocycles. The average molecular weight is 420 g/mol. The zero-order valence-electron chi connectivity index (χ0n) is 16.4. The first-order valence-corrected chi connectivity index (χ1v) is 9.33. The van der Waals surface area contributed by atoms with Crippen LogP contribution in [0.15, 0.2) is 70.8 Å². The van der Waals surface area contributed by atoms with Gasteiger partial charge in [-0.1, -0.05) is 30.3 Å². The zero-order valence-corrected chi connectivity index (χ0v) is 16.4. The summed E-state index contributed by atoms with van der Waals surface area (Å²) in [4.78, 5) is 37.9. The van der Waals surface area contributed by atoms with Crippen LogP contribution in [-0.4, -0.2) is 29.9 Å². The molecule has 0 radical (unpaired) electrons. The van der Waals surface area contributed by atoms with E-state index in [4.69, 9.17) is 9.15 Å². The minimum atomic E-state index is -0.580. The van der Waals surface area contributed by atoms with Crippen molar-refractivity contribution >= 4 is 24.0 Å². The second kappa shape index (κ2) is 8.27. The van der Waals surface area contributed by atoms with Gasteiger partial charge in [-0.25, -0.2) is 14.0 Å². The third kappa shape index (κ3) is 4.09. The molecule has 7 nitrogen and oxygen atoms in total. The summed E-state index contributed by atoms with van der Waals surface area (Å²) in [7, 11) is 1.29. The van der Waals surface area contributed by atoms with Crippen molar-refractivity contribution in [2.45, 2.75) is 6.54 Å².